The predicted molar refractivity (Wildman–Crippen MR) is 95.8 cm³/mol. The van der Waals surface area contributed by atoms with Gasteiger partial charge in [0.2, 0.25) is 0 Å². The average Bonchev–Trinajstić information content (AvgIpc) is 2.55. The quantitative estimate of drug-likeness (QED) is 0.574. The maximum Gasteiger partial charge on any atom is 0.142 e. The largest absolute Gasteiger partial charge is 0.492 e. The molecule has 0 amide bonds. The molecule has 0 aromatic heterocycles. The molecule has 124 valence electrons. The van der Waals surface area contributed by atoms with E-state index < -0.39 is 0 Å². The van der Waals surface area contributed by atoms with Crippen LogP contribution >= 0.6 is 0 Å². The molecular formula is C19H26N2O2. The third kappa shape index (κ3) is 4.63. The number of anilines is 2. The Morgan fingerprint density at radius 1 is 0.913 bits per heavy atom. The Morgan fingerprint density at radius 3 is 2.26 bits per heavy atom. The van der Waals surface area contributed by atoms with Gasteiger partial charge in [0.05, 0.1) is 12.3 Å². The van der Waals surface area contributed by atoms with E-state index in [9.17, 15) is 0 Å². The Kier molecular flexibility index (Phi) is 6.29. The van der Waals surface area contributed by atoms with Crippen molar-refractivity contribution < 1.29 is 9.47 Å². The smallest absolute Gasteiger partial charge is 0.142 e. The lowest BCUT2D eigenvalue weighted by molar-refractivity contribution is 0.142. The maximum absolute atomic E-state index is 5.99. The van der Waals surface area contributed by atoms with Gasteiger partial charge in [0.1, 0.15) is 5.75 Å². The Labute approximate surface area is 138 Å². The van der Waals surface area contributed by atoms with E-state index in [4.69, 9.17) is 20.9 Å². The van der Waals surface area contributed by atoms with Gasteiger partial charge in [0.25, 0.3) is 0 Å². The second-order valence-electron chi connectivity index (χ2n) is 5.44. The lowest BCUT2D eigenvalue weighted by Crippen LogP contribution is -2.07. The fourth-order valence-corrected chi connectivity index (χ4v) is 2.65. The summed E-state index contributed by atoms with van der Waals surface area (Å²) in [6.07, 6.45) is 0.896. The first-order chi connectivity index (χ1) is 11.2. The van der Waals surface area contributed by atoms with Crippen LogP contribution in [0.25, 0.3) is 0 Å². The monoisotopic (exact) mass is 314 g/mol. The van der Waals surface area contributed by atoms with Gasteiger partial charge in [-0.15, -0.1) is 0 Å². The predicted octanol–water partition coefficient (Wildman–Crippen LogP) is 3.81. The molecule has 0 aliphatic carbocycles. The standard InChI is InChI=1S/C19H26N2O2/c1-3-22-12-11-17(14-5-8-16(20)9-6-14)15-7-10-18(21)19(13-15)23-4-2/h5-10,13,17H,3-4,11-12,20-21H2,1-2H3. The summed E-state index contributed by atoms with van der Waals surface area (Å²) in [5, 5.41) is 0. The van der Waals surface area contributed by atoms with E-state index in [0.717, 1.165) is 24.5 Å². The van der Waals surface area contributed by atoms with Gasteiger partial charge in [-0.2, -0.15) is 0 Å². The number of ether oxygens (including phenoxy) is 2. The topological polar surface area (TPSA) is 70.5 Å². The van der Waals surface area contributed by atoms with Crippen LogP contribution in [0.5, 0.6) is 5.75 Å². The molecule has 0 radical (unpaired) electrons. The van der Waals surface area contributed by atoms with E-state index in [2.05, 4.69) is 18.2 Å². The van der Waals surface area contributed by atoms with E-state index in [1.165, 1.54) is 11.1 Å². The second-order valence-corrected chi connectivity index (χ2v) is 5.44. The first-order valence-corrected chi connectivity index (χ1v) is 8.11. The normalized spacial score (nSPS) is 12.1. The molecule has 0 aliphatic rings. The molecule has 0 fully saturated rings. The molecule has 0 aliphatic heterocycles. The summed E-state index contributed by atoms with van der Waals surface area (Å²) in [7, 11) is 0. The number of hydrogen-bond acceptors (Lipinski definition) is 4. The van der Waals surface area contributed by atoms with Crippen molar-refractivity contribution in [2.45, 2.75) is 26.2 Å². The summed E-state index contributed by atoms with van der Waals surface area (Å²) in [5.74, 6) is 0.962. The Morgan fingerprint density at radius 2 is 1.61 bits per heavy atom. The van der Waals surface area contributed by atoms with Crippen LogP contribution < -0.4 is 16.2 Å². The van der Waals surface area contributed by atoms with E-state index in [0.29, 0.717) is 18.9 Å². The molecule has 4 N–H and O–H groups in total. The Bertz CT molecular complexity index is 611. The fourth-order valence-electron chi connectivity index (χ4n) is 2.65. The van der Waals surface area contributed by atoms with Crippen LogP contribution in [-0.2, 0) is 4.74 Å². The number of nitrogens with two attached hydrogens (primary N) is 2. The van der Waals surface area contributed by atoms with Crippen molar-refractivity contribution >= 4 is 11.4 Å². The summed E-state index contributed by atoms with van der Waals surface area (Å²) in [4.78, 5) is 0. The van der Waals surface area contributed by atoms with Crippen LogP contribution in [0.4, 0.5) is 11.4 Å². The molecule has 0 bridgehead atoms. The molecule has 23 heavy (non-hydrogen) atoms. The van der Waals surface area contributed by atoms with E-state index in [1.54, 1.807) is 0 Å². The van der Waals surface area contributed by atoms with E-state index in [1.807, 2.05) is 38.1 Å². The van der Waals surface area contributed by atoms with Crippen LogP contribution in [0.15, 0.2) is 42.5 Å². The van der Waals surface area contributed by atoms with Gasteiger partial charge in [-0.1, -0.05) is 18.2 Å². The summed E-state index contributed by atoms with van der Waals surface area (Å²) >= 11 is 0. The van der Waals surface area contributed by atoms with Crippen molar-refractivity contribution in [1.82, 2.24) is 0 Å². The third-order valence-corrected chi connectivity index (χ3v) is 3.83. The molecule has 4 nitrogen and oxygen atoms in total. The fraction of sp³-hybridized carbons (Fsp3) is 0.368. The second kappa shape index (κ2) is 8.44. The van der Waals surface area contributed by atoms with Crippen molar-refractivity contribution in [3.8, 4) is 5.75 Å². The van der Waals surface area contributed by atoms with Crippen LogP contribution in [0.2, 0.25) is 0 Å². The van der Waals surface area contributed by atoms with E-state index in [-0.39, 0.29) is 5.92 Å². The van der Waals surface area contributed by atoms with Gasteiger partial charge in [0, 0.05) is 24.8 Å². The molecule has 2 aromatic carbocycles. The minimum atomic E-state index is 0.224. The molecule has 2 aromatic rings. The number of rotatable bonds is 8. The van der Waals surface area contributed by atoms with Crippen LogP contribution in [0, 0.1) is 0 Å². The summed E-state index contributed by atoms with van der Waals surface area (Å²) in [6.45, 7) is 5.99. The molecule has 0 spiro atoms. The Hall–Kier alpha value is -2.20. The lowest BCUT2D eigenvalue weighted by atomic mass is 9.88. The minimum absolute atomic E-state index is 0.224. The molecule has 1 atom stereocenters. The first kappa shape index (κ1) is 17.2. The van der Waals surface area contributed by atoms with Crippen molar-refractivity contribution in [3.63, 3.8) is 0 Å². The average molecular weight is 314 g/mol. The lowest BCUT2D eigenvalue weighted by Gasteiger charge is -2.20. The molecule has 1 unspecified atom stereocenters. The highest BCUT2D eigenvalue weighted by Crippen LogP contribution is 2.33. The first-order valence-electron chi connectivity index (χ1n) is 8.11. The zero-order valence-corrected chi connectivity index (χ0v) is 13.9. The van der Waals surface area contributed by atoms with Crippen LogP contribution in [0.1, 0.15) is 37.3 Å². The van der Waals surface area contributed by atoms with Gasteiger partial charge >= 0.3 is 0 Å². The van der Waals surface area contributed by atoms with Gasteiger partial charge in [-0.05, 0) is 55.7 Å². The summed E-state index contributed by atoms with van der Waals surface area (Å²) in [6, 6.07) is 14.0. The van der Waals surface area contributed by atoms with E-state index >= 15 is 0 Å². The number of nitrogen functional groups attached to an aromatic ring is 2. The highest BCUT2D eigenvalue weighted by molar-refractivity contribution is 5.55. The highest BCUT2D eigenvalue weighted by atomic mass is 16.5. The molecule has 2 rings (SSSR count). The molecule has 0 heterocycles. The van der Waals surface area contributed by atoms with Crippen molar-refractivity contribution in [1.29, 1.82) is 0 Å². The van der Waals surface area contributed by atoms with Crippen LogP contribution in [-0.4, -0.2) is 19.8 Å². The highest BCUT2D eigenvalue weighted by Gasteiger charge is 2.16. The van der Waals surface area contributed by atoms with Gasteiger partial charge in [-0.3, -0.25) is 0 Å². The molecule has 0 saturated carbocycles. The zero-order chi connectivity index (χ0) is 16.7. The molecular weight excluding hydrogens is 288 g/mol. The number of hydrogen-bond donors (Lipinski definition) is 2. The van der Waals surface area contributed by atoms with Gasteiger partial charge in [0.15, 0.2) is 0 Å². The van der Waals surface area contributed by atoms with Crippen molar-refractivity contribution in [3.05, 3.63) is 53.6 Å². The maximum atomic E-state index is 5.99. The molecule has 4 heteroatoms. The SMILES string of the molecule is CCOCCC(c1ccc(N)cc1)c1ccc(N)c(OCC)c1. The van der Waals surface area contributed by atoms with Gasteiger partial charge in [-0.25, -0.2) is 0 Å². The minimum Gasteiger partial charge on any atom is -0.492 e. The Balaban J connectivity index is 2.32. The zero-order valence-electron chi connectivity index (χ0n) is 13.9. The van der Waals surface area contributed by atoms with Crippen molar-refractivity contribution in [2.24, 2.45) is 0 Å². The van der Waals surface area contributed by atoms with Gasteiger partial charge < -0.3 is 20.9 Å². The van der Waals surface area contributed by atoms with Crippen molar-refractivity contribution in [2.75, 3.05) is 31.3 Å². The summed E-state index contributed by atoms with van der Waals surface area (Å²) < 4.78 is 11.2. The number of benzene rings is 2. The molecule has 0 saturated heterocycles. The van der Waals surface area contributed by atoms with Crippen LogP contribution in [0.3, 0.4) is 0 Å². The summed E-state index contributed by atoms with van der Waals surface area (Å²) in [5.41, 5.74) is 15.6. The third-order valence-electron chi connectivity index (χ3n) is 3.83.